The Morgan fingerprint density at radius 3 is 2.67 bits per heavy atom. The number of hydrogen-bond donors (Lipinski definition) is 4. The lowest BCUT2D eigenvalue weighted by molar-refractivity contribution is -0.464. The van der Waals surface area contributed by atoms with E-state index in [2.05, 4.69) is 10.2 Å². The Kier molecular flexibility index (Phi) is 3.93. The van der Waals surface area contributed by atoms with E-state index >= 15 is 0 Å². The number of nitrogens with zero attached hydrogens (tertiary/aromatic N) is 2. The van der Waals surface area contributed by atoms with Gasteiger partial charge in [-0.05, 0) is 26.0 Å². The molecule has 0 saturated carbocycles. The zero-order chi connectivity index (χ0) is 15.6. The molecule has 0 aliphatic carbocycles. The maximum Gasteiger partial charge on any atom is 0.362 e. The molecule has 7 nitrogen and oxygen atoms in total. The smallest absolute Gasteiger partial charge is 0.362 e. The van der Waals surface area contributed by atoms with Crippen LogP contribution in [0.1, 0.15) is 19.4 Å². The van der Waals surface area contributed by atoms with Crippen molar-refractivity contribution >= 4 is 22.6 Å². The van der Waals surface area contributed by atoms with Gasteiger partial charge in [-0.3, -0.25) is 16.3 Å². The third-order valence-electron chi connectivity index (χ3n) is 3.18. The number of fused-ring (bicyclic) bond motifs is 1. The molecule has 1 heterocycles. The van der Waals surface area contributed by atoms with Gasteiger partial charge in [0.25, 0.3) is 5.56 Å². The van der Waals surface area contributed by atoms with Crippen molar-refractivity contribution in [3.8, 4) is 5.75 Å². The zero-order valence-corrected chi connectivity index (χ0v) is 11.9. The first-order valence-electron chi connectivity index (χ1n) is 6.50. The van der Waals surface area contributed by atoms with Crippen LogP contribution >= 0.6 is 0 Å². The van der Waals surface area contributed by atoms with Crippen molar-refractivity contribution in [3.05, 3.63) is 40.2 Å². The van der Waals surface area contributed by atoms with Crippen LogP contribution in [0.4, 0.5) is 0 Å². The molecule has 0 fully saturated rings. The molecule has 1 aromatic carbocycles. The minimum atomic E-state index is -0.313. The molecule has 2 rings (SSSR count). The van der Waals surface area contributed by atoms with Crippen LogP contribution in [0, 0.1) is 0 Å². The SMILES string of the molecule is CCn1c(=O)c(/C(C)=N/[NH+]=C(N)N)c(O)c2ccccc21. The molecule has 6 N–H and O–H groups in total. The van der Waals surface area contributed by atoms with Gasteiger partial charge in [0.15, 0.2) is 0 Å². The van der Waals surface area contributed by atoms with Gasteiger partial charge in [-0.2, -0.15) is 5.10 Å². The number of rotatable bonds is 3. The molecule has 0 radical (unpaired) electrons. The largest absolute Gasteiger partial charge is 0.506 e. The molecule has 1 aromatic heterocycles. The average Bonchev–Trinajstić information content (AvgIpc) is 2.46. The molecule has 0 aliphatic rings. The number of aryl methyl sites for hydroxylation is 1. The van der Waals surface area contributed by atoms with Crippen LogP contribution < -0.4 is 22.1 Å². The number of nitrogens with one attached hydrogen (secondary N) is 1. The second-order valence-electron chi connectivity index (χ2n) is 4.55. The lowest BCUT2D eigenvalue weighted by Gasteiger charge is -2.12. The van der Waals surface area contributed by atoms with E-state index in [1.54, 1.807) is 29.7 Å². The Bertz CT molecular complexity index is 801. The summed E-state index contributed by atoms with van der Waals surface area (Å²) in [6.07, 6.45) is 0. The van der Waals surface area contributed by atoms with Crippen LogP contribution in [-0.4, -0.2) is 21.3 Å². The molecule has 0 saturated heterocycles. The number of para-hydroxylation sites is 1. The normalized spacial score (nSPS) is 11.6. The molecular weight excluding hydrogens is 270 g/mol. The highest BCUT2D eigenvalue weighted by atomic mass is 16.3. The van der Waals surface area contributed by atoms with Crippen LogP contribution in [0.5, 0.6) is 5.75 Å². The van der Waals surface area contributed by atoms with E-state index in [0.29, 0.717) is 23.2 Å². The van der Waals surface area contributed by atoms with Gasteiger partial charge in [0.2, 0.25) is 0 Å². The highest BCUT2D eigenvalue weighted by Crippen LogP contribution is 2.26. The average molecular weight is 288 g/mol. The van der Waals surface area contributed by atoms with Gasteiger partial charge in [0.1, 0.15) is 11.3 Å². The van der Waals surface area contributed by atoms with Crippen LogP contribution in [0.15, 0.2) is 34.2 Å². The van der Waals surface area contributed by atoms with Gasteiger partial charge in [-0.25, -0.2) is 0 Å². The molecule has 0 amide bonds. The van der Waals surface area contributed by atoms with E-state index in [1.807, 2.05) is 13.0 Å². The number of pyridine rings is 1. The van der Waals surface area contributed by atoms with Crippen molar-refractivity contribution < 1.29 is 10.2 Å². The third-order valence-corrected chi connectivity index (χ3v) is 3.18. The minimum Gasteiger partial charge on any atom is -0.506 e. The van der Waals surface area contributed by atoms with Crippen molar-refractivity contribution in [2.75, 3.05) is 0 Å². The molecule has 0 unspecified atom stereocenters. The van der Waals surface area contributed by atoms with E-state index in [-0.39, 0.29) is 22.8 Å². The van der Waals surface area contributed by atoms with Crippen LogP contribution in [-0.2, 0) is 6.54 Å². The van der Waals surface area contributed by atoms with Gasteiger partial charge in [0.05, 0.1) is 11.2 Å². The highest BCUT2D eigenvalue weighted by Gasteiger charge is 2.17. The molecule has 0 aliphatic heterocycles. The second-order valence-corrected chi connectivity index (χ2v) is 4.55. The molecule has 21 heavy (non-hydrogen) atoms. The van der Waals surface area contributed by atoms with Crippen molar-refractivity contribution in [1.82, 2.24) is 4.57 Å². The molecule has 0 spiro atoms. The summed E-state index contributed by atoms with van der Waals surface area (Å²) < 4.78 is 1.58. The Morgan fingerprint density at radius 2 is 2.05 bits per heavy atom. The standard InChI is InChI=1S/C14H17N5O2/c1-3-19-10-7-5-4-6-9(10)12(20)11(13(19)21)8(2)17-18-14(15)16/h4-7,20H,3H2,1-2H3,(H4,15,16,18)/p+1/b17-8+. The summed E-state index contributed by atoms with van der Waals surface area (Å²) in [4.78, 5) is 12.5. The number of hydrazone groups is 1. The first-order valence-corrected chi connectivity index (χ1v) is 6.50. The summed E-state index contributed by atoms with van der Waals surface area (Å²) in [5.74, 6) is -0.190. The molecular formula is C14H18N5O2+. The van der Waals surface area contributed by atoms with Gasteiger partial charge in [0, 0.05) is 11.9 Å². The van der Waals surface area contributed by atoms with Gasteiger partial charge in [-0.1, -0.05) is 12.1 Å². The summed E-state index contributed by atoms with van der Waals surface area (Å²) in [6, 6.07) is 7.16. The number of benzene rings is 1. The molecule has 0 atom stereocenters. The minimum absolute atomic E-state index is 0.0922. The Labute approximate surface area is 121 Å². The van der Waals surface area contributed by atoms with E-state index in [1.165, 1.54) is 0 Å². The maximum absolute atomic E-state index is 12.5. The van der Waals surface area contributed by atoms with Gasteiger partial charge in [-0.15, -0.1) is 5.10 Å². The van der Waals surface area contributed by atoms with Crippen LogP contribution in [0.3, 0.4) is 0 Å². The molecule has 7 heteroatoms. The van der Waals surface area contributed by atoms with Crippen LogP contribution in [0.25, 0.3) is 10.9 Å². The quantitative estimate of drug-likeness (QED) is 0.322. The topological polar surface area (TPSA) is 121 Å². The monoisotopic (exact) mass is 288 g/mol. The predicted molar refractivity (Wildman–Crippen MR) is 82.1 cm³/mol. The van der Waals surface area contributed by atoms with Gasteiger partial charge >= 0.3 is 5.96 Å². The van der Waals surface area contributed by atoms with E-state index in [4.69, 9.17) is 11.5 Å². The predicted octanol–water partition coefficient (Wildman–Crippen LogP) is -1.19. The van der Waals surface area contributed by atoms with E-state index in [9.17, 15) is 9.90 Å². The number of aromatic hydroxyl groups is 1. The lowest BCUT2D eigenvalue weighted by atomic mass is 10.1. The van der Waals surface area contributed by atoms with Crippen molar-refractivity contribution in [3.63, 3.8) is 0 Å². The summed E-state index contributed by atoms with van der Waals surface area (Å²) in [5, 5.41) is 17.3. The summed E-state index contributed by atoms with van der Waals surface area (Å²) >= 11 is 0. The summed E-state index contributed by atoms with van der Waals surface area (Å²) in [5.41, 5.74) is 11.3. The fourth-order valence-electron chi connectivity index (χ4n) is 2.23. The van der Waals surface area contributed by atoms with Crippen molar-refractivity contribution in [1.29, 1.82) is 0 Å². The summed E-state index contributed by atoms with van der Waals surface area (Å²) in [6.45, 7) is 3.95. The maximum atomic E-state index is 12.5. The number of hydrogen-bond acceptors (Lipinski definition) is 3. The van der Waals surface area contributed by atoms with E-state index < -0.39 is 0 Å². The van der Waals surface area contributed by atoms with Crippen molar-refractivity contribution in [2.45, 2.75) is 20.4 Å². The number of guanidine groups is 1. The number of aromatic nitrogens is 1. The first-order chi connectivity index (χ1) is 9.97. The molecule has 2 aromatic rings. The zero-order valence-electron chi connectivity index (χ0n) is 11.9. The fourth-order valence-corrected chi connectivity index (χ4v) is 2.23. The Morgan fingerprint density at radius 1 is 1.38 bits per heavy atom. The van der Waals surface area contributed by atoms with E-state index in [0.717, 1.165) is 0 Å². The highest BCUT2D eigenvalue weighted by molar-refractivity contribution is 6.05. The third kappa shape index (κ3) is 2.58. The Hall–Kier alpha value is -2.83. The van der Waals surface area contributed by atoms with Gasteiger partial charge < -0.3 is 9.67 Å². The first kappa shape index (κ1) is 14.6. The van der Waals surface area contributed by atoms with Crippen molar-refractivity contribution in [2.24, 2.45) is 16.6 Å². The molecule has 0 bridgehead atoms. The Balaban J connectivity index is 2.84. The fraction of sp³-hybridized carbons (Fsp3) is 0.214. The number of nitrogens with two attached hydrogens (primary N) is 2. The van der Waals surface area contributed by atoms with Crippen LogP contribution in [0.2, 0.25) is 0 Å². The lowest BCUT2D eigenvalue weighted by Crippen LogP contribution is -2.73. The second kappa shape index (κ2) is 5.66. The summed E-state index contributed by atoms with van der Waals surface area (Å²) in [7, 11) is 0. The molecule has 110 valence electrons.